The Morgan fingerprint density at radius 2 is 1.33 bits per heavy atom. The summed E-state index contributed by atoms with van der Waals surface area (Å²) in [6.07, 6.45) is -7.24. The molecule has 2 aromatic heterocycles. The number of ether oxygens (including phenoxy) is 3. The van der Waals surface area contributed by atoms with E-state index in [2.05, 4.69) is 0 Å². The van der Waals surface area contributed by atoms with Gasteiger partial charge in [0, 0.05) is 10.8 Å². The molecule has 2 aromatic carbocycles. The first-order valence-corrected chi connectivity index (χ1v) is 9.79. The van der Waals surface area contributed by atoms with E-state index in [1.165, 1.54) is 14.0 Å². The molecule has 0 aliphatic carbocycles. The zero-order chi connectivity index (χ0) is 23.8. The second-order valence-electron chi connectivity index (χ2n) is 7.74. The molecule has 0 radical (unpaired) electrons. The van der Waals surface area contributed by atoms with Crippen LogP contribution >= 0.6 is 0 Å². The second kappa shape index (κ2) is 7.22. The summed E-state index contributed by atoms with van der Waals surface area (Å²) in [5.74, 6) is -1.75. The number of phenolic OH excluding ortho intramolecular Hbond substituents is 2. The standard InChI is InChI=1S/C21H18O12/c1-5-12(24)13(25)14(26)21(30-5)33-16-9(23)4-7-11-10-6(20(28)32-18(11)16)3-8(22)15(29-2)17(10)31-19(7)27/h3-5,12-14,21-26H,1-2H3/t5-,12-,13+,14+,21-/m1/s1. The Morgan fingerprint density at radius 3 is 1.88 bits per heavy atom. The third-order valence-electron chi connectivity index (χ3n) is 5.76. The summed E-state index contributed by atoms with van der Waals surface area (Å²) in [7, 11) is 1.23. The molecule has 4 aromatic rings. The van der Waals surface area contributed by atoms with E-state index in [4.69, 9.17) is 23.0 Å². The fourth-order valence-electron chi connectivity index (χ4n) is 4.10. The van der Waals surface area contributed by atoms with E-state index in [9.17, 15) is 35.1 Å². The van der Waals surface area contributed by atoms with Gasteiger partial charge in [0.15, 0.2) is 22.7 Å². The van der Waals surface area contributed by atoms with Gasteiger partial charge in [-0.2, -0.15) is 0 Å². The lowest BCUT2D eigenvalue weighted by Crippen LogP contribution is -2.58. The van der Waals surface area contributed by atoms with Crippen molar-refractivity contribution in [1.82, 2.24) is 0 Å². The van der Waals surface area contributed by atoms with E-state index in [1.54, 1.807) is 0 Å². The number of phenols is 2. The van der Waals surface area contributed by atoms with E-state index in [0.717, 1.165) is 12.1 Å². The van der Waals surface area contributed by atoms with Crippen molar-refractivity contribution in [2.75, 3.05) is 7.11 Å². The molecule has 1 saturated heterocycles. The Labute approximate surface area is 182 Å². The van der Waals surface area contributed by atoms with Crippen molar-refractivity contribution < 1.29 is 48.6 Å². The molecule has 0 unspecified atom stereocenters. The number of rotatable bonds is 3. The average molecular weight is 462 g/mol. The highest BCUT2D eigenvalue weighted by Gasteiger charge is 2.44. The van der Waals surface area contributed by atoms with Gasteiger partial charge in [0.1, 0.15) is 18.3 Å². The molecule has 5 rings (SSSR count). The van der Waals surface area contributed by atoms with Crippen LogP contribution < -0.4 is 20.7 Å². The highest BCUT2D eigenvalue weighted by atomic mass is 16.7. The molecule has 1 aliphatic rings. The molecule has 174 valence electrons. The number of hydrogen-bond donors (Lipinski definition) is 5. The fraction of sp³-hybridized carbons (Fsp3) is 0.333. The minimum absolute atomic E-state index is 0.0286. The fourth-order valence-corrected chi connectivity index (χ4v) is 4.10. The largest absolute Gasteiger partial charge is 0.504 e. The van der Waals surface area contributed by atoms with Crippen LogP contribution in [-0.2, 0) is 4.74 Å². The van der Waals surface area contributed by atoms with Crippen LogP contribution in [-0.4, -0.2) is 63.3 Å². The van der Waals surface area contributed by atoms with Crippen molar-refractivity contribution in [1.29, 1.82) is 0 Å². The van der Waals surface area contributed by atoms with Crippen molar-refractivity contribution in [2.45, 2.75) is 37.6 Å². The van der Waals surface area contributed by atoms with Crippen LogP contribution in [0.4, 0.5) is 0 Å². The van der Waals surface area contributed by atoms with E-state index in [0.29, 0.717) is 0 Å². The Bertz CT molecular complexity index is 1500. The minimum Gasteiger partial charge on any atom is -0.504 e. The first-order valence-electron chi connectivity index (χ1n) is 9.79. The summed E-state index contributed by atoms with van der Waals surface area (Å²) in [6.45, 7) is 1.43. The maximum absolute atomic E-state index is 12.7. The molecule has 0 spiro atoms. The summed E-state index contributed by atoms with van der Waals surface area (Å²) >= 11 is 0. The predicted molar refractivity (Wildman–Crippen MR) is 110 cm³/mol. The zero-order valence-electron chi connectivity index (χ0n) is 17.1. The molecule has 0 saturated carbocycles. The summed E-state index contributed by atoms with van der Waals surface area (Å²) in [5.41, 5.74) is -2.46. The Hall–Kier alpha value is -3.58. The Balaban J connectivity index is 1.82. The Kier molecular flexibility index (Phi) is 4.65. The smallest absolute Gasteiger partial charge is 0.344 e. The first-order chi connectivity index (χ1) is 15.6. The van der Waals surface area contributed by atoms with Gasteiger partial charge in [-0.25, -0.2) is 9.59 Å². The molecule has 3 heterocycles. The number of aromatic hydroxyl groups is 2. The van der Waals surface area contributed by atoms with Crippen molar-refractivity contribution in [2.24, 2.45) is 0 Å². The molecule has 1 fully saturated rings. The summed E-state index contributed by atoms with van der Waals surface area (Å²) < 4.78 is 26.7. The summed E-state index contributed by atoms with van der Waals surface area (Å²) in [5, 5.41) is 50.8. The normalized spacial score (nSPS) is 25.8. The number of benzene rings is 2. The lowest BCUT2D eigenvalue weighted by atomic mass is 9.99. The van der Waals surface area contributed by atoms with Crippen molar-refractivity contribution in [3.05, 3.63) is 33.0 Å². The van der Waals surface area contributed by atoms with Crippen LogP contribution in [0, 0.1) is 0 Å². The van der Waals surface area contributed by atoms with Crippen molar-refractivity contribution in [3.63, 3.8) is 0 Å². The lowest BCUT2D eigenvalue weighted by molar-refractivity contribution is -0.268. The zero-order valence-corrected chi connectivity index (χ0v) is 17.1. The molecule has 5 N–H and O–H groups in total. The average Bonchev–Trinajstić information content (AvgIpc) is 2.77. The first kappa shape index (κ1) is 21.3. The van der Waals surface area contributed by atoms with Crippen LogP contribution in [0.1, 0.15) is 6.92 Å². The maximum Gasteiger partial charge on any atom is 0.344 e. The SMILES string of the molecule is COc1c(O)cc2c(=O)oc3c(O[C@H]4O[C@H](C)[C@@H](O)[C@H](O)[C@@H]4O)c(O)cc4c(=O)oc1c2c34. The van der Waals surface area contributed by atoms with E-state index >= 15 is 0 Å². The molecule has 12 heteroatoms. The summed E-state index contributed by atoms with van der Waals surface area (Å²) in [6, 6.07) is 2.11. The van der Waals surface area contributed by atoms with Gasteiger partial charge < -0.3 is 48.6 Å². The highest BCUT2D eigenvalue weighted by Crippen LogP contribution is 2.45. The second-order valence-corrected chi connectivity index (χ2v) is 7.74. The third-order valence-corrected chi connectivity index (χ3v) is 5.76. The molecule has 1 aliphatic heterocycles. The monoisotopic (exact) mass is 462 g/mol. The molecule has 5 atom stereocenters. The number of hydrogen-bond acceptors (Lipinski definition) is 12. The minimum atomic E-state index is -1.72. The van der Waals surface area contributed by atoms with E-state index in [1.807, 2.05) is 0 Å². The predicted octanol–water partition coefficient (Wildman–Crippen LogP) is 0.116. The van der Waals surface area contributed by atoms with Crippen LogP contribution in [0.25, 0.3) is 32.7 Å². The molecular weight excluding hydrogens is 444 g/mol. The van der Waals surface area contributed by atoms with Gasteiger partial charge in [0.25, 0.3) is 0 Å². The van der Waals surface area contributed by atoms with E-state index in [-0.39, 0.29) is 38.5 Å². The number of aliphatic hydroxyl groups is 3. The summed E-state index contributed by atoms with van der Waals surface area (Å²) in [4.78, 5) is 25.4. The number of methoxy groups -OCH3 is 1. The van der Waals surface area contributed by atoms with Crippen molar-refractivity contribution >= 4 is 32.7 Å². The van der Waals surface area contributed by atoms with Gasteiger partial charge >= 0.3 is 11.3 Å². The van der Waals surface area contributed by atoms with Crippen LogP contribution in [0.3, 0.4) is 0 Å². The molecule has 33 heavy (non-hydrogen) atoms. The van der Waals surface area contributed by atoms with Gasteiger partial charge in [-0.3, -0.25) is 0 Å². The van der Waals surface area contributed by atoms with Crippen molar-refractivity contribution in [3.8, 4) is 23.0 Å². The van der Waals surface area contributed by atoms with Gasteiger partial charge in [0.05, 0.1) is 24.0 Å². The quantitative estimate of drug-likeness (QED) is 0.204. The van der Waals surface area contributed by atoms with E-state index < -0.39 is 59.2 Å². The molecular formula is C21H18O12. The molecule has 0 bridgehead atoms. The van der Waals surface area contributed by atoms with Crippen LogP contribution in [0.15, 0.2) is 30.6 Å². The third kappa shape index (κ3) is 2.92. The Morgan fingerprint density at radius 1 is 0.818 bits per heavy atom. The van der Waals surface area contributed by atoms with Gasteiger partial charge in [-0.05, 0) is 19.1 Å². The van der Waals surface area contributed by atoms with Gasteiger partial charge in [-0.15, -0.1) is 0 Å². The maximum atomic E-state index is 12.7. The lowest BCUT2D eigenvalue weighted by Gasteiger charge is -2.38. The van der Waals surface area contributed by atoms with Gasteiger partial charge in [-0.1, -0.05) is 0 Å². The molecule has 12 nitrogen and oxygen atoms in total. The highest BCUT2D eigenvalue weighted by molar-refractivity contribution is 6.22. The topological polar surface area (TPSA) is 189 Å². The molecule has 0 amide bonds. The van der Waals surface area contributed by atoms with Crippen LogP contribution in [0.2, 0.25) is 0 Å². The van der Waals surface area contributed by atoms with Crippen LogP contribution in [0.5, 0.6) is 23.0 Å². The number of aliphatic hydroxyl groups excluding tert-OH is 3. The van der Waals surface area contributed by atoms with Gasteiger partial charge in [0.2, 0.25) is 17.8 Å².